The Bertz CT molecular complexity index is 317. The van der Waals surface area contributed by atoms with Gasteiger partial charge in [-0.1, -0.05) is 0 Å². The van der Waals surface area contributed by atoms with Gasteiger partial charge in [0.2, 0.25) is 0 Å². The third-order valence-corrected chi connectivity index (χ3v) is 3.38. The van der Waals surface area contributed by atoms with Crippen LogP contribution in [0.4, 0.5) is 4.79 Å². The number of hydrazone groups is 1. The van der Waals surface area contributed by atoms with Crippen molar-refractivity contribution in [3.63, 3.8) is 0 Å². The highest BCUT2D eigenvalue weighted by atomic mass is 32.2. The molecule has 0 radical (unpaired) electrons. The summed E-state index contributed by atoms with van der Waals surface area (Å²) in [5, 5.41) is 3.68. The first-order chi connectivity index (χ1) is 5.99. The van der Waals surface area contributed by atoms with E-state index in [1.807, 2.05) is 0 Å². The molecule has 0 aromatic heterocycles. The smallest absolute Gasteiger partial charge is 0.332 e. The van der Waals surface area contributed by atoms with Gasteiger partial charge in [-0.2, -0.15) is 5.10 Å². The molecule has 0 spiro atoms. The number of primary amides is 1. The zero-order chi connectivity index (χ0) is 9.90. The maximum Gasteiger partial charge on any atom is 0.332 e. The Morgan fingerprint density at radius 3 is 2.38 bits per heavy atom. The minimum atomic E-state index is -2.88. The minimum Gasteiger partial charge on any atom is -0.350 e. The van der Waals surface area contributed by atoms with Crippen molar-refractivity contribution in [2.24, 2.45) is 10.8 Å². The van der Waals surface area contributed by atoms with Gasteiger partial charge in [0.05, 0.1) is 11.5 Å². The minimum absolute atomic E-state index is 0.103. The van der Waals surface area contributed by atoms with Crippen LogP contribution in [0.2, 0.25) is 0 Å². The lowest BCUT2D eigenvalue weighted by Gasteiger charge is -2.12. The van der Waals surface area contributed by atoms with Crippen LogP contribution in [0.1, 0.15) is 12.8 Å². The lowest BCUT2D eigenvalue weighted by molar-refractivity contribution is 0.249. The highest BCUT2D eigenvalue weighted by Crippen LogP contribution is 2.08. The largest absolute Gasteiger partial charge is 0.350 e. The van der Waals surface area contributed by atoms with Gasteiger partial charge >= 0.3 is 6.03 Å². The first-order valence-electron chi connectivity index (χ1n) is 3.81. The second-order valence-corrected chi connectivity index (χ2v) is 5.11. The highest BCUT2D eigenvalue weighted by molar-refractivity contribution is 7.91. The molecule has 0 aliphatic carbocycles. The Labute approximate surface area is 76.1 Å². The maximum atomic E-state index is 11.0. The predicted molar refractivity (Wildman–Crippen MR) is 48.0 cm³/mol. The predicted octanol–water partition coefficient (Wildman–Crippen LogP) is -0.781. The quantitative estimate of drug-likeness (QED) is 0.549. The molecular formula is C6H11N3O3S. The van der Waals surface area contributed by atoms with Gasteiger partial charge in [0.15, 0.2) is 9.84 Å². The summed E-state index contributed by atoms with van der Waals surface area (Å²) in [7, 11) is -2.88. The zero-order valence-corrected chi connectivity index (χ0v) is 7.80. The van der Waals surface area contributed by atoms with E-state index in [9.17, 15) is 13.2 Å². The van der Waals surface area contributed by atoms with Gasteiger partial charge < -0.3 is 5.73 Å². The van der Waals surface area contributed by atoms with Crippen LogP contribution in [0.25, 0.3) is 0 Å². The SMILES string of the molecule is NC(=O)NN=C1CCS(=O)(=O)CC1. The number of nitrogens with one attached hydrogen (secondary N) is 1. The average Bonchev–Trinajstić information content (AvgIpc) is 2.02. The highest BCUT2D eigenvalue weighted by Gasteiger charge is 2.19. The average molecular weight is 205 g/mol. The standard InChI is InChI=1S/C6H11N3O3S/c7-6(10)9-8-5-1-3-13(11,12)4-2-5/h1-4H2,(H3,7,9,10). The van der Waals surface area contributed by atoms with Gasteiger partial charge in [-0.05, 0) is 0 Å². The van der Waals surface area contributed by atoms with E-state index in [-0.39, 0.29) is 11.5 Å². The maximum absolute atomic E-state index is 11.0. The molecule has 0 unspecified atom stereocenters. The first kappa shape index (κ1) is 9.97. The second-order valence-electron chi connectivity index (χ2n) is 2.81. The van der Waals surface area contributed by atoms with Crippen LogP contribution in [0.5, 0.6) is 0 Å². The number of carbonyl (C=O) groups is 1. The molecule has 13 heavy (non-hydrogen) atoms. The molecule has 0 atom stereocenters. The number of hydrogen-bond donors (Lipinski definition) is 2. The number of rotatable bonds is 1. The fourth-order valence-electron chi connectivity index (χ4n) is 1.02. The molecule has 1 saturated heterocycles. The van der Waals surface area contributed by atoms with Gasteiger partial charge in [0.25, 0.3) is 0 Å². The van der Waals surface area contributed by atoms with E-state index in [1.165, 1.54) is 0 Å². The summed E-state index contributed by atoms with van der Waals surface area (Å²) in [6.07, 6.45) is 0.755. The molecule has 1 fully saturated rings. The molecule has 0 aromatic rings. The van der Waals surface area contributed by atoms with Crippen molar-refractivity contribution in [2.45, 2.75) is 12.8 Å². The second kappa shape index (κ2) is 3.73. The van der Waals surface area contributed by atoms with Crippen molar-refractivity contribution < 1.29 is 13.2 Å². The van der Waals surface area contributed by atoms with Crippen molar-refractivity contribution in [3.05, 3.63) is 0 Å². The van der Waals surface area contributed by atoms with Crippen molar-refractivity contribution in [2.75, 3.05) is 11.5 Å². The monoisotopic (exact) mass is 205 g/mol. The van der Waals surface area contributed by atoms with E-state index < -0.39 is 15.9 Å². The number of nitrogens with two attached hydrogens (primary N) is 1. The molecule has 1 aliphatic heterocycles. The van der Waals surface area contributed by atoms with Gasteiger partial charge in [0, 0.05) is 18.6 Å². The number of amides is 2. The zero-order valence-electron chi connectivity index (χ0n) is 6.99. The fraction of sp³-hybridized carbons (Fsp3) is 0.667. The summed E-state index contributed by atoms with van der Waals surface area (Å²) in [6, 6.07) is -0.735. The molecule has 1 heterocycles. The summed E-state index contributed by atoms with van der Waals surface area (Å²) in [4.78, 5) is 10.3. The molecule has 2 amide bonds. The molecule has 1 aliphatic rings. The number of carbonyl (C=O) groups excluding carboxylic acids is 1. The lowest BCUT2D eigenvalue weighted by Crippen LogP contribution is -2.29. The Hall–Kier alpha value is -1.11. The molecule has 3 N–H and O–H groups in total. The van der Waals surface area contributed by atoms with Gasteiger partial charge in [-0.15, -0.1) is 0 Å². The van der Waals surface area contributed by atoms with E-state index in [0.717, 1.165) is 0 Å². The number of urea groups is 1. The Morgan fingerprint density at radius 1 is 1.38 bits per heavy atom. The van der Waals surface area contributed by atoms with E-state index in [1.54, 1.807) is 0 Å². The summed E-state index contributed by atoms with van der Waals surface area (Å²) >= 11 is 0. The Morgan fingerprint density at radius 2 is 1.92 bits per heavy atom. The van der Waals surface area contributed by atoms with Crippen LogP contribution in [-0.4, -0.2) is 31.7 Å². The number of hydrogen-bond acceptors (Lipinski definition) is 4. The van der Waals surface area contributed by atoms with Crippen molar-refractivity contribution in [1.82, 2.24) is 5.43 Å². The molecule has 1 rings (SSSR count). The molecule has 0 bridgehead atoms. The topological polar surface area (TPSA) is 102 Å². The van der Waals surface area contributed by atoms with Crippen LogP contribution in [0, 0.1) is 0 Å². The van der Waals surface area contributed by atoms with E-state index in [0.29, 0.717) is 18.6 Å². The van der Waals surface area contributed by atoms with E-state index >= 15 is 0 Å². The number of nitrogens with zero attached hydrogens (tertiary/aromatic N) is 1. The molecular weight excluding hydrogens is 194 g/mol. The summed E-state index contributed by atoms with van der Waals surface area (Å²) in [5.74, 6) is 0.207. The van der Waals surface area contributed by atoms with Crippen molar-refractivity contribution in [1.29, 1.82) is 0 Å². The molecule has 74 valence electrons. The first-order valence-corrected chi connectivity index (χ1v) is 5.63. The lowest BCUT2D eigenvalue weighted by atomic mass is 10.2. The van der Waals surface area contributed by atoms with Crippen LogP contribution in [0.15, 0.2) is 5.10 Å². The van der Waals surface area contributed by atoms with Crippen LogP contribution in [-0.2, 0) is 9.84 Å². The normalized spacial score (nSPS) is 20.8. The summed E-state index contributed by atoms with van der Waals surface area (Å²) in [6.45, 7) is 0. The van der Waals surface area contributed by atoms with E-state index in [4.69, 9.17) is 5.73 Å². The molecule has 0 aromatic carbocycles. The van der Waals surface area contributed by atoms with Crippen molar-refractivity contribution in [3.8, 4) is 0 Å². The third-order valence-electron chi connectivity index (χ3n) is 1.73. The Kier molecular flexibility index (Phi) is 2.86. The van der Waals surface area contributed by atoms with Crippen LogP contribution >= 0.6 is 0 Å². The molecule has 7 heteroatoms. The van der Waals surface area contributed by atoms with Crippen molar-refractivity contribution >= 4 is 21.6 Å². The van der Waals surface area contributed by atoms with Gasteiger partial charge in [-0.3, -0.25) is 0 Å². The third kappa shape index (κ3) is 3.41. The van der Waals surface area contributed by atoms with Gasteiger partial charge in [-0.25, -0.2) is 18.6 Å². The van der Waals surface area contributed by atoms with E-state index in [2.05, 4.69) is 10.5 Å². The fourth-order valence-corrected chi connectivity index (χ4v) is 2.32. The van der Waals surface area contributed by atoms with Crippen LogP contribution in [0.3, 0.4) is 0 Å². The number of sulfone groups is 1. The summed E-state index contributed by atoms with van der Waals surface area (Å²) < 4.78 is 21.9. The molecule has 0 saturated carbocycles. The summed E-state index contributed by atoms with van der Waals surface area (Å²) in [5.41, 5.74) is 7.54. The van der Waals surface area contributed by atoms with Crippen LogP contribution < -0.4 is 11.2 Å². The van der Waals surface area contributed by atoms with Gasteiger partial charge in [0.1, 0.15) is 0 Å². The Balaban J connectivity index is 2.50. The molecule has 6 nitrogen and oxygen atoms in total.